The number of carbonyl (C=O) groups is 2. The average molecular weight is 1330 g/mol. The van der Waals surface area contributed by atoms with E-state index < -0.39 is 204 Å². The van der Waals surface area contributed by atoms with E-state index in [0.29, 0.717) is 0 Å². The summed E-state index contributed by atoms with van der Waals surface area (Å²) in [7, 11) is -36.0. The molecular weight excluding hydrogens is 1300 g/mol. The topological polar surface area (TPSA) is 661 Å². The van der Waals surface area contributed by atoms with Crippen molar-refractivity contribution in [3.05, 3.63) is 11.8 Å². The first-order chi connectivity index (χ1) is 31.6. The summed E-state index contributed by atoms with van der Waals surface area (Å²) in [5.74, 6) is -6.55. The molecule has 3 aliphatic rings. The fourth-order valence-corrected chi connectivity index (χ4v) is 8.87. The van der Waals surface area contributed by atoms with Crippen LogP contribution in [0.2, 0.25) is 0 Å². The van der Waals surface area contributed by atoms with E-state index in [2.05, 4.69) is 16.7 Å². The van der Waals surface area contributed by atoms with E-state index in [1.165, 1.54) is 0 Å². The molecule has 0 unspecified atom stereocenters. The third-order valence-electron chi connectivity index (χ3n) is 8.79. The van der Waals surface area contributed by atoms with Gasteiger partial charge in [0.15, 0.2) is 45.4 Å². The van der Waals surface area contributed by atoms with Gasteiger partial charge in [-0.1, -0.05) is 0 Å². The van der Waals surface area contributed by atoms with Crippen LogP contribution in [0, 0.1) is 0 Å². The van der Waals surface area contributed by atoms with Gasteiger partial charge in [-0.15, -0.1) is 0 Å². The zero-order valence-corrected chi connectivity index (χ0v) is 62.1. The van der Waals surface area contributed by atoms with Crippen LogP contribution in [-0.2, 0) is 117 Å². The van der Waals surface area contributed by atoms with Crippen molar-refractivity contribution in [3.8, 4) is 0 Å². The van der Waals surface area contributed by atoms with Crippen LogP contribution in [0.5, 0.6) is 0 Å². The molecule has 78 heavy (non-hydrogen) atoms. The van der Waals surface area contributed by atoms with E-state index in [1.807, 2.05) is 0 Å². The van der Waals surface area contributed by atoms with Crippen molar-refractivity contribution < 1.29 is 410 Å². The Hall–Kier alpha value is 5.26. The predicted molar refractivity (Wildman–Crippen MR) is 186 cm³/mol. The molecule has 0 aromatic rings. The molecule has 0 aliphatic carbocycles. The molecule has 17 atom stereocenters. The molecule has 0 amide bonds. The quantitative estimate of drug-likeness (QED) is 0.0226. The van der Waals surface area contributed by atoms with Gasteiger partial charge in [-0.3, -0.25) is 16.7 Å². The number of nitrogens with one attached hydrogen (secondary N) is 2. The molecular formula is C24H32N2Na8O38S6. The largest absolute Gasteiger partial charge is 1.00 e. The van der Waals surface area contributed by atoms with E-state index in [4.69, 9.17) is 28.4 Å². The SMILES string of the molecule is O=C([O-])C1=C[C@H](O)[C@@H](OS(=O)(=O)[O-])[C@H](O[C@H]2[C@H](O)[C@@H](NS(=O)(=O)[O-])[C@@H](O[C@H]3[C@H](O)[C@@H](OS(=O)(=O)[O-])[C@H](O[C@@H]([C@H](O)[C@H](CO)NS(=O)(=O)[O-])[C@H](O)COS(=O)(=O)[O-])O[C@@H]3C(=O)[O-])O[C@@H]2COS(=O)(=O)[O-])O1.[Na+].[Na+].[Na+].[Na+].[Na+].[Na+].[Na+].[Na+]. The Morgan fingerprint density at radius 2 is 1.12 bits per heavy atom. The Bertz CT molecular complexity index is 2590. The van der Waals surface area contributed by atoms with Gasteiger partial charge in [0, 0.05) is 0 Å². The van der Waals surface area contributed by atoms with Gasteiger partial charge < -0.3 is 106 Å². The van der Waals surface area contributed by atoms with Gasteiger partial charge in [-0.05, 0) is 6.08 Å². The summed E-state index contributed by atoms with van der Waals surface area (Å²) in [4.78, 5) is 24.0. The van der Waals surface area contributed by atoms with Crippen molar-refractivity contribution in [1.29, 1.82) is 0 Å². The summed E-state index contributed by atoms with van der Waals surface area (Å²) in [5, 5.41) is 88.1. The fourth-order valence-electron chi connectivity index (χ4n) is 6.14. The number of ether oxygens (including phenoxy) is 6. The van der Waals surface area contributed by atoms with Crippen molar-refractivity contribution in [2.75, 3.05) is 19.8 Å². The normalized spacial score (nSPS) is 29.1. The zero-order chi connectivity index (χ0) is 53.9. The van der Waals surface area contributed by atoms with Gasteiger partial charge in [-0.2, -0.15) is 0 Å². The van der Waals surface area contributed by atoms with Crippen LogP contribution in [0.25, 0.3) is 0 Å². The minimum Gasteiger partial charge on any atom is -0.735 e. The van der Waals surface area contributed by atoms with Crippen LogP contribution in [0.1, 0.15) is 0 Å². The first-order valence-corrected chi connectivity index (χ1v) is 25.8. The van der Waals surface area contributed by atoms with Crippen molar-refractivity contribution in [1.82, 2.24) is 9.44 Å². The second-order valence-electron chi connectivity index (χ2n) is 13.7. The fraction of sp³-hybridized carbons (Fsp3) is 0.833. The molecule has 54 heteroatoms. The van der Waals surface area contributed by atoms with Crippen LogP contribution in [0.4, 0.5) is 0 Å². The number of aliphatic hydroxyl groups is 6. The molecule has 2 saturated heterocycles. The zero-order valence-electron chi connectivity index (χ0n) is 41.2. The standard InChI is InChI=1S/C24H40N2O38S6.8Na/c27-2-5(25-65(37,38)39)11(30)14(7(29)3-55-67(43,44)45)59-24-18(64-70(52,53)54)13(32)17(19(62-24)21(35)36)61-22-10(26-66(40,41)42)12(31)16(9(58-22)4-56-68(46,47)48)60-23-15(63-69(49,50)51)6(28)1-8(57-23)20(33)34;;;;;;;;/h1,5-7,9-19,22-32H,2-4H2,(H,33,34)(H,35,36)(H,37,38,39)(H,40,41,42)(H,43,44,45)(H,46,47,48)(H,49,50,51)(H,52,53,54);;;;;;;;/q;8*+1/p-8/t5-,6-,7+,9+,10+,11+,12+,13-,14+,15+,16+,17-,18+,19-,22+,23-,24+;;;;;;;;/m0......../s1. The summed E-state index contributed by atoms with van der Waals surface area (Å²) in [6.07, 6.45) is -44.8. The minimum atomic E-state index is -6.36. The Kier molecular flexibility index (Phi) is 47.8. The van der Waals surface area contributed by atoms with Gasteiger partial charge in [0.1, 0.15) is 78.8 Å². The molecule has 3 rings (SSSR count). The van der Waals surface area contributed by atoms with E-state index in [-0.39, 0.29) is 243 Å². The summed E-state index contributed by atoms with van der Waals surface area (Å²) >= 11 is 0. The third-order valence-corrected chi connectivity index (χ3v) is 11.7. The van der Waals surface area contributed by atoms with Crippen LogP contribution < -0.4 is 256 Å². The number of carboxylic acid groups (broad SMARTS) is 2. The smallest absolute Gasteiger partial charge is 0.735 e. The molecule has 3 heterocycles. The van der Waals surface area contributed by atoms with Crippen molar-refractivity contribution in [2.45, 2.75) is 104 Å². The number of carbonyl (C=O) groups excluding carboxylic acids is 2. The first-order valence-electron chi connectivity index (χ1n) is 17.6. The molecule has 410 valence electrons. The second kappa shape index (κ2) is 39.5. The molecule has 0 aromatic carbocycles. The number of hydrogen-bond donors (Lipinski definition) is 8. The molecule has 3 aliphatic heterocycles. The predicted octanol–water partition coefficient (Wildman–Crippen LogP) is -39.4. The molecule has 0 radical (unpaired) electrons. The monoisotopic (exact) mass is 1330 g/mol. The maximum Gasteiger partial charge on any atom is 1.00 e. The van der Waals surface area contributed by atoms with Gasteiger partial charge in [0.05, 0.1) is 31.8 Å². The summed E-state index contributed by atoms with van der Waals surface area (Å²) in [5.41, 5.74) is 0. The number of aliphatic carboxylic acids is 2. The Balaban J connectivity index is -0.00000162. The summed E-state index contributed by atoms with van der Waals surface area (Å²) in [6, 6.07) is -5.58. The maximum atomic E-state index is 12.5. The third kappa shape index (κ3) is 32.3. The number of rotatable bonds is 26. The Labute approximate surface area is 619 Å². The van der Waals surface area contributed by atoms with E-state index in [0.717, 1.165) is 9.44 Å². The Morgan fingerprint density at radius 3 is 1.54 bits per heavy atom. The van der Waals surface area contributed by atoms with Crippen LogP contribution in [0.3, 0.4) is 0 Å². The van der Waals surface area contributed by atoms with Crippen molar-refractivity contribution >= 4 is 74.1 Å². The molecule has 40 nitrogen and oxygen atoms in total. The Morgan fingerprint density at radius 1 is 0.628 bits per heavy atom. The van der Waals surface area contributed by atoms with Crippen LogP contribution in [0.15, 0.2) is 11.8 Å². The van der Waals surface area contributed by atoms with Crippen molar-refractivity contribution in [2.24, 2.45) is 0 Å². The van der Waals surface area contributed by atoms with E-state index in [1.54, 1.807) is 0 Å². The molecule has 8 N–H and O–H groups in total. The minimum absolute atomic E-state index is 0. The summed E-state index contributed by atoms with van der Waals surface area (Å²) < 4.78 is 256. The number of aliphatic hydroxyl groups excluding tert-OH is 6. The number of carboxylic acids is 2. The van der Waals surface area contributed by atoms with Gasteiger partial charge >= 0.3 is 236 Å². The maximum absolute atomic E-state index is 12.5. The molecule has 0 bridgehead atoms. The molecule has 0 saturated carbocycles. The molecule has 2 fully saturated rings. The van der Waals surface area contributed by atoms with Gasteiger partial charge in [0.2, 0.25) is 47.9 Å². The van der Waals surface area contributed by atoms with Gasteiger partial charge in [-0.25, -0.2) is 60.0 Å². The number of hydrogen-bond acceptors (Lipinski definition) is 38. The van der Waals surface area contributed by atoms with E-state index in [9.17, 15) is 128 Å². The van der Waals surface area contributed by atoms with Crippen molar-refractivity contribution in [3.63, 3.8) is 0 Å². The van der Waals surface area contributed by atoms with Crippen LogP contribution in [-0.4, -0.2) is 244 Å². The van der Waals surface area contributed by atoms with Crippen LogP contribution >= 0.6 is 0 Å². The molecule has 0 spiro atoms. The molecule has 0 aromatic heterocycles. The van der Waals surface area contributed by atoms with Gasteiger partial charge in [0.25, 0.3) is 0 Å². The second-order valence-corrected chi connectivity index (χ2v) is 20.1. The average Bonchev–Trinajstić information content (AvgIpc) is 3.17. The van der Waals surface area contributed by atoms with E-state index >= 15 is 0 Å². The summed E-state index contributed by atoms with van der Waals surface area (Å²) in [6.45, 7) is -5.42. The first kappa shape index (κ1) is 94.4.